The summed E-state index contributed by atoms with van der Waals surface area (Å²) in [6, 6.07) is 13.0. The van der Waals surface area contributed by atoms with Crippen molar-refractivity contribution in [2.45, 2.75) is 6.92 Å². The first-order valence-electron chi connectivity index (χ1n) is 5.95. The summed E-state index contributed by atoms with van der Waals surface area (Å²) < 4.78 is 6.87. The van der Waals surface area contributed by atoms with Crippen LogP contribution in [0.1, 0.15) is 21.8 Å². The van der Waals surface area contributed by atoms with Gasteiger partial charge in [0.2, 0.25) is 5.78 Å². The molecule has 94 valence electrons. The summed E-state index contributed by atoms with van der Waals surface area (Å²) in [6.45, 7) is 1.85. The van der Waals surface area contributed by atoms with Crippen molar-refractivity contribution in [2.75, 3.05) is 0 Å². The number of para-hydroxylation sites is 1. The Bertz CT molecular complexity index is 711. The van der Waals surface area contributed by atoms with Crippen molar-refractivity contribution in [2.24, 2.45) is 0 Å². The number of carbonyl (C=O) groups excluding carboxylic acids is 1. The van der Waals surface area contributed by atoms with Gasteiger partial charge in [-0.25, -0.2) is 4.68 Å². The molecule has 3 aromatic rings. The maximum atomic E-state index is 12.4. The molecule has 0 saturated carbocycles. The van der Waals surface area contributed by atoms with Gasteiger partial charge in [0.25, 0.3) is 0 Å². The number of hydrogen-bond donors (Lipinski definition) is 0. The summed E-state index contributed by atoms with van der Waals surface area (Å²) in [5.74, 6) is 0.196. The number of aromatic nitrogens is 2. The van der Waals surface area contributed by atoms with Crippen LogP contribution < -0.4 is 0 Å². The highest BCUT2D eigenvalue weighted by molar-refractivity contribution is 6.07. The van der Waals surface area contributed by atoms with Crippen LogP contribution in [0.25, 0.3) is 5.69 Å². The molecule has 0 aliphatic carbocycles. The van der Waals surface area contributed by atoms with Gasteiger partial charge in [-0.05, 0) is 36.8 Å². The van der Waals surface area contributed by atoms with Crippen LogP contribution in [-0.4, -0.2) is 15.6 Å². The fraction of sp³-hybridized carbons (Fsp3) is 0.0667. The third-order valence-corrected chi connectivity index (χ3v) is 2.94. The van der Waals surface area contributed by atoms with E-state index in [1.807, 2.05) is 37.3 Å². The number of hydrogen-bond acceptors (Lipinski definition) is 3. The number of benzene rings is 1. The van der Waals surface area contributed by atoms with Crippen molar-refractivity contribution >= 4 is 5.78 Å². The molecule has 4 heteroatoms. The third-order valence-electron chi connectivity index (χ3n) is 2.94. The lowest BCUT2D eigenvalue weighted by Gasteiger charge is -2.05. The van der Waals surface area contributed by atoms with Gasteiger partial charge in [0.1, 0.15) is 5.69 Å². The summed E-state index contributed by atoms with van der Waals surface area (Å²) in [5.41, 5.74) is 2.16. The molecular weight excluding hydrogens is 240 g/mol. The second kappa shape index (κ2) is 4.57. The molecule has 1 aromatic carbocycles. The van der Waals surface area contributed by atoms with Crippen LogP contribution in [0.4, 0.5) is 0 Å². The Labute approximate surface area is 110 Å². The van der Waals surface area contributed by atoms with Crippen LogP contribution >= 0.6 is 0 Å². The largest absolute Gasteiger partial charge is 0.461 e. The van der Waals surface area contributed by atoms with Gasteiger partial charge in [0.15, 0.2) is 5.76 Å². The quantitative estimate of drug-likeness (QED) is 0.673. The van der Waals surface area contributed by atoms with Gasteiger partial charge < -0.3 is 4.42 Å². The minimum Gasteiger partial charge on any atom is -0.461 e. The number of carbonyl (C=O) groups is 1. The summed E-state index contributed by atoms with van der Waals surface area (Å²) in [4.78, 5) is 12.4. The maximum absolute atomic E-state index is 12.4. The fourth-order valence-electron chi connectivity index (χ4n) is 1.97. The van der Waals surface area contributed by atoms with Crippen LogP contribution in [0, 0.1) is 6.92 Å². The molecule has 0 unspecified atom stereocenters. The molecule has 2 heterocycles. The van der Waals surface area contributed by atoms with E-state index in [1.54, 1.807) is 23.0 Å². The molecule has 0 bridgehead atoms. The third kappa shape index (κ3) is 1.97. The van der Waals surface area contributed by atoms with E-state index < -0.39 is 0 Å². The van der Waals surface area contributed by atoms with Crippen molar-refractivity contribution in [3.05, 3.63) is 71.9 Å². The summed E-state index contributed by atoms with van der Waals surface area (Å²) in [7, 11) is 0. The lowest BCUT2D eigenvalue weighted by Crippen LogP contribution is -2.10. The number of ketones is 1. The molecule has 0 N–H and O–H groups in total. The molecule has 4 nitrogen and oxygen atoms in total. The predicted octanol–water partition coefficient (Wildman–Crippen LogP) is 3.00. The van der Waals surface area contributed by atoms with Gasteiger partial charge in [0, 0.05) is 0 Å². The average molecular weight is 252 g/mol. The van der Waals surface area contributed by atoms with E-state index in [9.17, 15) is 4.79 Å². The Morgan fingerprint density at radius 3 is 2.63 bits per heavy atom. The topological polar surface area (TPSA) is 48.0 Å². The lowest BCUT2D eigenvalue weighted by molar-refractivity contribution is 0.100. The van der Waals surface area contributed by atoms with E-state index in [4.69, 9.17) is 4.42 Å². The first-order valence-corrected chi connectivity index (χ1v) is 5.95. The van der Waals surface area contributed by atoms with E-state index in [-0.39, 0.29) is 5.78 Å². The monoisotopic (exact) mass is 252 g/mol. The van der Waals surface area contributed by atoms with E-state index in [1.165, 1.54) is 6.26 Å². The maximum Gasteiger partial charge on any atom is 0.246 e. The first-order chi connectivity index (χ1) is 9.27. The highest BCUT2D eigenvalue weighted by Gasteiger charge is 2.19. The average Bonchev–Trinajstić information content (AvgIpc) is 3.07. The second-order valence-corrected chi connectivity index (χ2v) is 4.23. The zero-order valence-corrected chi connectivity index (χ0v) is 10.4. The molecule has 3 rings (SSSR count). The Morgan fingerprint density at radius 1 is 1.16 bits per heavy atom. The molecule has 0 atom stereocenters. The van der Waals surface area contributed by atoms with Crippen LogP contribution in [0.15, 0.2) is 59.3 Å². The Hall–Kier alpha value is -2.62. The smallest absolute Gasteiger partial charge is 0.246 e. The fourth-order valence-corrected chi connectivity index (χ4v) is 1.97. The van der Waals surface area contributed by atoms with Gasteiger partial charge in [-0.3, -0.25) is 4.79 Å². The van der Waals surface area contributed by atoms with Gasteiger partial charge >= 0.3 is 0 Å². The number of furan rings is 1. The number of nitrogens with zero attached hydrogens (tertiary/aromatic N) is 2. The van der Waals surface area contributed by atoms with Crippen molar-refractivity contribution in [1.82, 2.24) is 9.78 Å². The molecule has 2 aromatic heterocycles. The van der Waals surface area contributed by atoms with Crippen LogP contribution in [-0.2, 0) is 0 Å². The Kier molecular flexibility index (Phi) is 2.76. The predicted molar refractivity (Wildman–Crippen MR) is 70.4 cm³/mol. The summed E-state index contributed by atoms with van der Waals surface area (Å²) >= 11 is 0. The summed E-state index contributed by atoms with van der Waals surface area (Å²) in [6.07, 6.45) is 3.13. The zero-order valence-electron chi connectivity index (χ0n) is 10.4. The minimum absolute atomic E-state index is 0.163. The van der Waals surface area contributed by atoms with Crippen molar-refractivity contribution in [1.29, 1.82) is 0 Å². The molecule has 0 saturated heterocycles. The second-order valence-electron chi connectivity index (χ2n) is 4.23. The van der Waals surface area contributed by atoms with E-state index in [0.717, 1.165) is 11.3 Å². The van der Waals surface area contributed by atoms with Crippen molar-refractivity contribution < 1.29 is 9.21 Å². The van der Waals surface area contributed by atoms with Gasteiger partial charge in [-0.1, -0.05) is 18.2 Å². The Balaban J connectivity index is 2.06. The first kappa shape index (κ1) is 11.5. The molecule has 0 aliphatic rings. The molecule has 19 heavy (non-hydrogen) atoms. The van der Waals surface area contributed by atoms with E-state index in [0.29, 0.717) is 11.5 Å². The molecule has 0 radical (unpaired) electrons. The molecule has 0 fully saturated rings. The zero-order chi connectivity index (χ0) is 13.2. The van der Waals surface area contributed by atoms with Gasteiger partial charge in [0.05, 0.1) is 18.1 Å². The Morgan fingerprint density at radius 2 is 1.95 bits per heavy atom. The standard InChI is InChI=1S/C15H12N2O2/c1-11-8-10-19-15(11)14(18)13-7-9-16-17(13)12-5-3-2-4-6-12/h2-10H,1H3. The number of rotatable bonds is 3. The van der Waals surface area contributed by atoms with E-state index in [2.05, 4.69) is 5.10 Å². The highest BCUT2D eigenvalue weighted by atomic mass is 16.3. The summed E-state index contributed by atoms with van der Waals surface area (Å²) in [5, 5.41) is 4.20. The van der Waals surface area contributed by atoms with Crippen molar-refractivity contribution in [3.8, 4) is 5.69 Å². The van der Waals surface area contributed by atoms with Crippen LogP contribution in [0.3, 0.4) is 0 Å². The molecular formula is C15H12N2O2. The van der Waals surface area contributed by atoms with Crippen molar-refractivity contribution in [3.63, 3.8) is 0 Å². The van der Waals surface area contributed by atoms with E-state index >= 15 is 0 Å². The van der Waals surface area contributed by atoms with Gasteiger partial charge in [-0.15, -0.1) is 0 Å². The van der Waals surface area contributed by atoms with Gasteiger partial charge in [-0.2, -0.15) is 5.10 Å². The molecule has 0 amide bonds. The number of aryl methyl sites for hydroxylation is 1. The lowest BCUT2D eigenvalue weighted by atomic mass is 10.1. The van der Waals surface area contributed by atoms with Crippen LogP contribution in [0.5, 0.6) is 0 Å². The molecule has 0 spiro atoms. The molecule has 0 aliphatic heterocycles. The minimum atomic E-state index is -0.163. The SMILES string of the molecule is Cc1ccoc1C(=O)c1ccnn1-c1ccccc1. The highest BCUT2D eigenvalue weighted by Crippen LogP contribution is 2.17. The normalized spacial score (nSPS) is 10.6. The van der Waals surface area contributed by atoms with Crippen LogP contribution in [0.2, 0.25) is 0 Å².